The van der Waals surface area contributed by atoms with Gasteiger partial charge in [-0.2, -0.15) is 10.2 Å². The smallest absolute Gasteiger partial charge is 0.235 e. The van der Waals surface area contributed by atoms with Crippen molar-refractivity contribution in [2.75, 3.05) is 57.3 Å². The number of hydrogen-bond donors (Lipinski definition) is 0. The van der Waals surface area contributed by atoms with Gasteiger partial charge in [0.2, 0.25) is 23.2 Å². The van der Waals surface area contributed by atoms with Gasteiger partial charge in [-0.05, 0) is 42.0 Å². The van der Waals surface area contributed by atoms with Crippen LogP contribution in [0.3, 0.4) is 0 Å². The van der Waals surface area contributed by atoms with Crippen LogP contribution in [-0.4, -0.2) is 52.5 Å². The molecule has 9 heteroatoms. The van der Waals surface area contributed by atoms with Gasteiger partial charge in [-0.1, -0.05) is 17.7 Å². The lowest BCUT2D eigenvalue weighted by molar-refractivity contribution is 0.324. The first-order chi connectivity index (χ1) is 16.6. The van der Waals surface area contributed by atoms with Crippen molar-refractivity contribution in [1.29, 1.82) is 5.26 Å². The second-order valence-electron chi connectivity index (χ2n) is 7.56. The summed E-state index contributed by atoms with van der Waals surface area (Å²) in [5.74, 6) is 2.44. The molecule has 3 aromatic rings. The molecule has 2 heterocycles. The predicted molar refractivity (Wildman–Crippen MR) is 132 cm³/mol. The van der Waals surface area contributed by atoms with Crippen LogP contribution in [0.4, 0.5) is 11.6 Å². The summed E-state index contributed by atoms with van der Waals surface area (Å²) in [6, 6.07) is 13.6. The zero-order valence-corrected chi connectivity index (χ0v) is 20.0. The van der Waals surface area contributed by atoms with Crippen molar-refractivity contribution < 1.29 is 18.6 Å². The lowest BCUT2D eigenvalue weighted by Crippen LogP contribution is -2.46. The van der Waals surface area contributed by atoms with Crippen LogP contribution in [0.1, 0.15) is 17.1 Å². The zero-order chi connectivity index (χ0) is 24.1. The lowest BCUT2D eigenvalue weighted by Gasteiger charge is -2.35. The van der Waals surface area contributed by atoms with Gasteiger partial charge in [0.15, 0.2) is 11.5 Å². The molecule has 176 valence electrons. The number of benzene rings is 2. The number of oxazole rings is 1. The van der Waals surface area contributed by atoms with Gasteiger partial charge >= 0.3 is 0 Å². The van der Waals surface area contributed by atoms with Crippen LogP contribution < -0.4 is 24.0 Å². The molecule has 0 atom stereocenters. The SMILES string of the molecule is COc1cc(C=Cc2nc(C#N)c(N3CCN(c4cccc(Cl)c4)CC3)o2)cc(OC)c1OC. The van der Waals surface area contributed by atoms with E-state index in [1.165, 1.54) is 0 Å². The molecule has 2 aromatic carbocycles. The van der Waals surface area contributed by atoms with Crippen LogP contribution in [0, 0.1) is 11.3 Å². The minimum absolute atomic E-state index is 0.265. The maximum atomic E-state index is 9.61. The van der Waals surface area contributed by atoms with E-state index in [1.54, 1.807) is 27.4 Å². The number of piperazine rings is 1. The van der Waals surface area contributed by atoms with Gasteiger partial charge in [-0.15, -0.1) is 0 Å². The predicted octanol–water partition coefficient (Wildman–Crippen LogP) is 4.72. The average molecular weight is 481 g/mol. The fourth-order valence-electron chi connectivity index (χ4n) is 3.89. The van der Waals surface area contributed by atoms with E-state index in [0.29, 0.717) is 47.1 Å². The fraction of sp³-hybridized carbons (Fsp3) is 0.280. The number of nitrogens with zero attached hydrogens (tertiary/aromatic N) is 4. The molecule has 0 amide bonds. The van der Waals surface area contributed by atoms with Gasteiger partial charge in [0.1, 0.15) is 6.07 Å². The normalized spacial score (nSPS) is 13.7. The standard InChI is InChI=1S/C25H25ClN4O4/c1-31-21-13-17(14-22(32-2)24(21)33-3)7-8-23-28-20(16-27)25(34-23)30-11-9-29(10-12-30)19-6-4-5-18(26)15-19/h4-8,13-15H,9-12H2,1-3H3. The van der Waals surface area contributed by atoms with Crippen molar-refractivity contribution in [3.63, 3.8) is 0 Å². The van der Waals surface area contributed by atoms with Gasteiger partial charge in [-0.25, -0.2) is 0 Å². The summed E-state index contributed by atoms with van der Waals surface area (Å²) in [4.78, 5) is 8.66. The summed E-state index contributed by atoms with van der Waals surface area (Å²) in [5.41, 5.74) is 2.16. The Bertz CT molecular complexity index is 1200. The van der Waals surface area contributed by atoms with Gasteiger partial charge in [0.25, 0.3) is 0 Å². The highest BCUT2D eigenvalue weighted by atomic mass is 35.5. The molecule has 1 aliphatic rings. The number of nitriles is 1. The fourth-order valence-corrected chi connectivity index (χ4v) is 4.08. The average Bonchev–Trinajstić information content (AvgIpc) is 3.30. The third kappa shape index (κ3) is 4.90. The maximum Gasteiger partial charge on any atom is 0.235 e. The summed E-state index contributed by atoms with van der Waals surface area (Å²) in [5, 5.41) is 10.3. The molecule has 0 bridgehead atoms. The minimum atomic E-state index is 0.265. The first-order valence-corrected chi connectivity index (χ1v) is 11.1. The molecule has 0 aliphatic carbocycles. The third-order valence-corrected chi connectivity index (χ3v) is 5.81. The molecular weight excluding hydrogens is 456 g/mol. The topological polar surface area (TPSA) is 84.0 Å². The van der Waals surface area contributed by atoms with E-state index >= 15 is 0 Å². The van der Waals surface area contributed by atoms with E-state index in [-0.39, 0.29) is 5.69 Å². The Morgan fingerprint density at radius 1 is 0.971 bits per heavy atom. The molecule has 1 aromatic heterocycles. The van der Waals surface area contributed by atoms with Crippen LogP contribution >= 0.6 is 11.6 Å². The summed E-state index contributed by atoms with van der Waals surface area (Å²) < 4.78 is 22.1. The van der Waals surface area contributed by atoms with E-state index < -0.39 is 0 Å². The second-order valence-corrected chi connectivity index (χ2v) is 8.00. The highest BCUT2D eigenvalue weighted by molar-refractivity contribution is 6.30. The lowest BCUT2D eigenvalue weighted by atomic mass is 10.1. The molecule has 0 unspecified atom stereocenters. The Morgan fingerprint density at radius 2 is 1.65 bits per heavy atom. The second kappa shape index (κ2) is 10.4. The van der Waals surface area contributed by atoms with Crippen LogP contribution in [-0.2, 0) is 0 Å². The number of halogens is 1. The van der Waals surface area contributed by atoms with Gasteiger partial charge in [0, 0.05) is 43.0 Å². The molecule has 0 N–H and O–H groups in total. The summed E-state index contributed by atoms with van der Waals surface area (Å²) in [7, 11) is 4.69. The van der Waals surface area contributed by atoms with E-state index in [4.69, 9.17) is 30.2 Å². The number of ether oxygens (including phenoxy) is 3. The minimum Gasteiger partial charge on any atom is -0.493 e. The summed E-state index contributed by atoms with van der Waals surface area (Å²) in [6.45, 7) is 2.96. The maximum absolute atomic E-state index is 9.61. The number of aromatic nitrogens is 1. The van der Waals surface area contributed by atoms with Crippen LogP contribution in [0.15, 0.2) is 40.8 Å². The van der Waals surface area contributed by atoms with E-state index in [1.807, 2.05) is 47.4 Å². The molecule has 0 radical (unpaired) electrons. The molecular formula is C25H25ClN4O4. The molecule has 8 nitrogen and oxygen atoms in total. The Balaban J connectivity index is 1.50. The number of methoxy groups -OCH3 is 3. The van der Waals surface area contributed by atoms with E-state index in [0.717, 1.165) is 24.3 Å². The first kappa shape index (κ1) is 23.3. The van der Waals surface area contributed by atoms with Crippen LogP contribution in [0.5, 0.6) is 17.2 Å². The van der Waals surface area contributed by atoms with E-state index in [2.05, 4.69) is 16.0 Å². The molecule has 34 heavy (non-hydrogen) atoms. The van der Waals surface area contributed by atoms with Gasteiger partial charge in [-0.3, -0.25) is 0 Å². The first-order valence-electron chi connectivity index (χ1n) is 10.7. The van der Waals surface area contributed by atoms with Gasteiger partial charge < -0.3 is 28.4 Å². The Hall–Kier alpha value is -3.83. The highest BCUT2D eigenvalue weighted by Gasteiger charge is 2.24. The van der Waals surface area contributed by atoms with Crippen molar-refractivity contribution in [3.8, 4) is 23.3 Å². The van der Waals surface area contributed by atoms with Crippen LogP contribution in [0.25, 0.3) is 12.2 Å². The van der Waals surface area contributed by atoms with Crippen molar-refractivity contribution in [1.82, 2.24) is 4.98 Å². The molecule has 0 saturated carbocycles. The molecule has 4 rings (SSSR count). The Morgan fingerprint density at radius 3 is 2.24 bits per heavy atom. The quantitative estimate of drug-likeness (QED) is 0.480. The van der Waals surface area contributed by atoms with Crippen molar-refractivity contribution >= 4 is 35.3 Å². The number of anilines is 2. The molecule has 1 saturated heterocycles. The van der Waals surface area contributed by atoms with E-state index in [9.17, 15) is 5.26 Å². The summed E-state index contributed by atoms with van der Waals surface area (Å²) in [6.07, 6.45) is 3.53. The van der Waals surface area contributed by atoms with Crippen molar-refractivity contribution in [3.05, 3.63) is 58.6 Å². The molecule has 1 fully saturated rings. The third-order valence-electron chi connectivity index (χ3n) is 5.58. The Labute approximate surface area is 203 Å². The Kier molecular flexibility index (Phi) is 7.14. The molecule has 0 spiro atoms. The summed E-state index contributed by atoms with van der Waals surface area (Å²) >= 11 is 6.13. The zero-order valence-electron chi connectivity index (χ0n) is 19.2. The van der Waals surface area contributed by atoms with Crippen molar-refractivity contribution in [2.45, 2.75) is 0 Å². The number of rotatable bonds is 7. The van der Waals surface area contributed by atoms with Gasteiger partial charge in [0.05, 0.1) is 21.3 Å². The number of hydrogen-bond acceptors (Lipinski definition) is 8. The monoisotopic (exact) mass is 480 g/mol. The molecule has 1 aliphatic heterocycles. The highest BCUT2D eigenvalue weighted by Crippen LogP contribution is 2.38. The van der Waals surface area contributed by atoms with Crippen molar-refractivity contribution in [2.24, 2.45) is 0 Å². The van der Waals surface area contributed by atoms with Crippen LogP contribution in [0.2, 0.25) is 5.02 Å². The largest absolute Gasteiger partial charge is 0.493 e.